The number of hydrogen-bond acceptors (Lipinski definition) is 3. The van der Waals surface area contributed by atoms with Crippen LogP contribution >= 0.6 is 0 Å². The van der Waals surface area contributed by atoms with E-state index in [1.807, 2.05) is 0 Å². The second-order valence-corrected chi connectivity index (χ2v) is 5.96. The molecule has 0 unspecified atom stereocenters. The Labute approximate surface area is 138 Å². The lowest BCUT2D eigenvalue weighted by Crippen LogP contribution is -2.40. The van der Waals surface area contributed by atoms with Crippen molar-refractivity contribution in [3.8, 4) is 0 Å². The fraction of sp³-hybridized carbons (Fsp3) is 0.278. The molecule has 6 heteroatoms. The SMILES string of the molecule is O=C(N[C@H]1CCC[C@H]1C(=O)O)c1ccc(C(=O)c2cc[nH]c2)cc1. The number of carboxylic acids is 1. The predicted molar refractivity (Wildman–Crippen MR) is 86.9 cm³/mol. The number of ketones is 1. The van der Waals surface area contributed by atoms with Crippen molar-refractivity contribution < 1.29 is 19.5 Å². The summed E-state index contributed by atoms with van der Waals surface area (Å²) in [6.07, 6.45) is 5.35. The molecular formula is C18H18N2O4. The largest absolute Gasteiger partial charge is 0.481 e. The van der Waals surface area contributed by atoms with E-state index < -0.39 is 11.9 Å². The highest BCUT2D eigenvalue weighted by molar-refractivity contribution is 6.09. The standard InChI is InChI=1S/C18H18N2O4/c21-16(13-8-9-19-10-13)11-4-6-12(7-5-11)17(22)20-15-3-1-2-14(15)18(23)24/h4-10,14-15,19H,1-3H2,(H,20,22)(H,23,24)/t14-,15+/m1/s1. The number of aliphatic carboxylic acids is 1. The first-order valence-corrected chi connectivity index (χ1v) is 7.87. The van der Waals surface area contributed by atoms with Crippen LogP contribution in [0.2, 0.25) is 0 Å². The fourth-order valence-corrected chi connectivity index (χ4v) is 3.08. The summed E-state index contributed by atoms with van der Waals surface area (Å²) in [5.41, 5.74) is 1.47. The minimum atomic E-state index is -0.870. The first-order valence-electron chi connectivity index (χ1n) is 7.87. The van der Waals surface area contributed by atoms with E-state index in [9.17, 15) is 14.4 Å². The molecule has 1 aliphatic rings. The molecular weight excluding hydrogens is 308 g/mol. The number of aromatic nitrogens is 1. The number of amides is 1. The van der Waals surface area contributed by atoms with Gasteiger partial charge in [0.25, 0.3) is 5.91 Å². The number of aromatic amines is 1. The summed E-state index contributed by atoms with van der Waals surface area (Å²) in [5.74, 6) is -1.83. The fourth-order valence-electron chi connectivity index (χ4n) is 3.08. The molecule has 2 atom stereocenters. The Hall–Kier alpha value is -2.89. The minimum Gasteiger partial charge on any atom is -0.481 e. The molecule has 1 aliphatic carbocycles. The van der Waals surface area contributed by atoms with Crippen LogP contribution in [-0.4, -0.2) is 33.8 Å². The molecule has 0 spiro atoms. The van der Waals surface area contributed by atoms with Crippen LogP contribution in [0.4, 0.5) is 0 Å². The van der Waals surface area contributed by atoms with Gasteiger partial charge in [-0.15, -0.1) is 0 Å². The Morgan fingerprint density at radius 2 is 1.71 bits per heavy atom. The lowest BCUT2D eigenvalue weighted by molar-refractivity contribution is -0.142. The zero-order valence-corrected chi connectivity index (χ0v) is 13.0. The van der Waals surface area contributed by atoms with Crippen LogP contribution in [0.5, 0.6) is 0 Å². The average molecular weight is 326 g/mol. The van der Waals surface area contributed by atoms with E-state index in [0.717, 1.165) is 6.42 Å². The van der Waals surface area contributed by atoms with Crippen LogP contribution in [0.1, 0.15) is 45.5 Å². The average Bonchev–Trinajstić information content (AvgIpc) is 3.26. The third-order valence-corrected chi connectivity index (χ3v) is 4.42. The molecule has 3 N–H and O–H groups in total. The minimum absolute atomic E-state index is 0.120. The van der Waals surface area contributed by atoms with Gasteiger partial charge in [-0.25, -0.2) is 0 Å². The summed E-state index contributed by atoms with van der Waals surface area (Å²) in [5, 5.41) is 12.0. The van der Waals surface area contributed by atoms with Crippen LogP contribution in [0.3, 0.4) is 0 Å². The summed E-state index contributed by atoms with van der Waals surface area (Å²) in [6, 6.07) is 7.73. The van der Waals surface area contributed by atoms with Gasteiger partial charge >= 0.3 is 5.97 Å². The van der Waals surface area contributed by atoms with Crippen LogP contribution in [0.15, 0.2) is 42.7 Å². The molecule has 0 bridgehead atoms. The molecule has 124 valence electrons. The molecule has 6 nitrogen and oxygen atoms in total. The van der Waals surface area contributed by atoms with Gasteiger partial charge in [-0.2, -0.15) is 0 Å². The molecule has 24 heavy (non-hydrogen) atoms. The van der Waals surface area contributed by atoms with Crippen molar-refractivity contribution in [1.29, 1.82) is 0 Å². The highest BCUT2D eigenvalue weighted by Gasteiger charge is 2.33. The predicted octanol–water partition coefficient (Wildman–Crippen LogP) is 2.23. The highest BCUT2D eigenvalue weighted by atomic mass is 16.4. The van der Waals surface area contributed by atoms with Crippen molar-refractivity contribution in [2.45, 2.75) is 25.3 Å². The van der Waals surface area contributed by atoms with Crippen LogP contribution in [0, 0.1) is 5.92 Å². The number of carboxylic acid groups (broad SMARTS) is 1. The van der Waals surface area contributed by atoms with Gasteiger partial charge in [0.1, 0.15) is 0 Å². The van der Waals surface area contributed by atoms with Gasteiger partial charge in [-0.3, -0.25) is 14.4 Å². The maximum atomic E-state index is 12.3. The van der Waals surface area contributed by atoms with E-state index in [4.69, 9.17) is 5.11 Å². The molecule has 0 saturated heterocycles. The summed E-state index contributed by atoms with van der Waals surface area (Å²) in [7, 11) is 0. The van der Waals surface area contributed by atoms with Gasteiger partial charge in [0.15, 0.2) is 5.78 Å². The number of hydrogen-bond donors (Lipinski definition) is 3. The molecule has 0 radical (unpaired) electrons. The number of nitrogens with one attached hydrogen (secondary N) is 2. The second kappa shape index (κ2) is 6.70. The Morgan fingerprint density at radius 1 is 1.00 bits per heavy atom. The van der Waals surface area contributed by atoms with Crippen molar-refractivity contribution in [3.63, 3.8) is 0 Å². The van der Waals surface area contributed by atoms with E-state index in [1.54, 1.807) is 42.7 Å². The summed E-state index contributed by atoms with van der Waals surface area (Å²) >= 11 is 0. The van der Waals surface area contributed by atoms with E-state index in [2.05, 4.69) is 10.3 Å². The van der Waals surface area contributed by atoms with Crippen molar-refractivity contribution in [1.82, 2.24) is 10.3 Å². The molecule has 1 aromatic carbocycles. The first-order chi connectivity index (χ1) is 11.6. The number of carbonyl (C=O) groups excluding carboxylic acids is 2. The van der Waals surface area contributed by atoms with E-state index >= 15 is 0 Å². The van der Waals surface area contributed by atoms with Crippen LogP contribution < -0.4 is 5.32 Å². The Balaban J connectivity index is 1.68. The number of benzene rings is 1. The summed E-state index contributed by atoms with van der Waals surface area (Å²) in [4.78, 5) is 38.5. The van der Waals surface area contributed by atoms with Crippen molar-refractivity contribution in [2.75, 3.05) is 0 Å². The van der Waals surface area contributed by atoms with E-state index in [0.29, 0.717) is 29.5 Å². The second-order valence-electron chi connectivity index (χ2n) is 5.96. The third-order valence-electron chi connectivity index (χ3n) is 4.42. The Bertz CT molecular complexity index is 750. The molecule has 1 heterocycles. The molecule has 1 aromatic heterocycles. The quantitative estimate of drug-likeness (QED) is 0.734. The molecule has 0 aliphatic heterocycles. The first kappa shape index (κ1) is 16.0. The zero-order chi connectivity index (χ0) is 17.1. The van der Waals surface area contributed by atoms with Crippen molar-refractivity contribution >= 4 is 17.7 Å². The van der Waals surface area contributed by atoms with Crippen LogP contribution in [-0.2, 0) is 4.79 Å². The molecule has 1 saturated carbocycles. The maximum Gasteiger partial charge on any atom is 0.308 e. The monoisotopic (exact) mass is 326 g/mol. The van der Waals surface area contributed by atoms with Crippen LogP contribution in [0.25, 0.3) is 0 Å². The highest BCUT2D eigenvalue weighted by Crippen LogP contribution is 2.26. The van der Waals surface area contributed by atoms with E-state index in [1.165, 1.54) is 0 Å². The molecule has 1 amide bonds. The Morgan fingerprint density at radius 3 is 2.33 bits per heavy atom. The van der Waals surface area contributed by atoms with Gasteiger partial charge in [0.05, 0.1) is 5.92 Å². The van der Waals surface area contributed by atoms with Gasteiger partial charge in [-0.05, 0) is 31.0 Å². The summed E-state index contributed by atoms with van der Waals surface area (Å²) < 4.78 is 0. The normalized spacial score (nSPS) is 19.8. The van der Waals surface area contributed by atoms with Crippen molar-refractivity contribution in [3.05, 3.63) is 59.4 Å². The van der Waals surface area contributed by atoms with E-state index in [-0.39, 0.29) is 17.7 Å². The number of H-pyrrole nitrogens is 1. The molecule has 1 fully saturated rings. The lowest BCUT2D eigenvalue weighted by Gasteiger charge is -2.17. The van der Waals surface area contributed by atoms with Gasteiger partial charge in [0, 0.05) is 35.1 Å². The number of rotatable bonds is 5. The van der Waals surface area contributed by atoms with Crippen molar-refractivity contribution in [2.24, 2.45) is 5.92 Å². The van der Waals surface area contributed by atoms with Gasteiger partial charge < -0.3 is 15.4 Å². The smallest absolute Gasteiger partial charge is 0.308 e. The summed E-state index contributed by atoms with van der Waals surface area (Å²) in [6.45, 7) is 0. The topological polar surface area (TPSA) is 99.3 Å². The Kier molecular flexibility index (Phi) is 4.46. The third kappa shape index (κ3) is 3.22. The van der Waals surface area contributed by atoms with Gasteiger partial charge in [-0.1, -0.05) is 18.6 Å². The van der Waals surface area contributed by atoms with Gasteiger partial charge in [0.2, 0.25) is 0 Å². The zero-order valence-electron chi connectivity index (χ0n) is 13.0. The molecule has 2 aromatic rings. The lowest BCUT2D eigenvalue weighted by atomic mass is 10.0. The maximum absolute atomic E-state index is 12.3. The molecule has 3 rings (SSSR count). The number of carbonyl (C=O) groups is 3.